The van der Waals surface area contributed by atoms with E-state index >= 15 is 0 Å². The number of rotatable bonds is 5. The Morgan fingerprint density at radius 1 is 0.897 bits per heavy atom. The van der Waals surface area contributed by atoms with Crippen LogP contribution in [0.5, 0.6) is 0 Å². The maximum Gasteiger partial charge on any atom is 0.254 e. The van der Waals surface area contributed by atoms with Crippen LogP contribution in [0.15, 0.2) is 66.7 Å². The number of hydrogen-bond acceptors (Lipinski definition) is 4. The lowest BCUT2D eigenvalue weighted by Crippen LogP contribution is -2.40. The van der Waals surface area contributed by atoms with Crippen molar-refractivity contribution in [3.8, 4) is 0 Å². The van der Waals surface area contributed by atoms with Gasteiger partial charge in [0.05, 0.1) is 19.8 Å². The smallest absolute Gasteiger partial charge is 0.254 e. The fraction of sp³-hybridized carbons (Fsp3) is 0.217. The zero-order chi connectivity index (χ0) is 20.1. The third-order valence-corrected chi connectivity index (χ3v) is 4.94. The third-order valence-electron chi connectivity index (χ3n) is 4.94. The first kappa shape index (κ1) is 19.0. The van der Waals surface area contributed by atoms with Gasteiger partial charge in [-0.15, -0.1) is 0 Å². The van der Waals surface area contributed by atoms with Crippen LogP contribution in [-0.4, -0.2) is 49.6 Å². The van der Waals surface area contributed by atoms with Gasteiger partial charge in [-0.25, -0.2) is 0 Å². The standard InChI is InChI=1S/C23H23N3O3/c27-22(16-24-21-7-3-5-17-4-1-2-6-20(17)21)25-19-10-8-18(9-11-19)23(28)26-12-14-29-15-13-26/h1-11,24H,12-16H2,(H,25,27). The number of hydrogen-bond donors (Lipinski definition) is 2. The first-order valence-electron chi connectivity index (χ1n) is 9.69. The van der Waals surface area contributed by atoms with E-state index in [0.717, 1.165) is 16.5 Å². The number of benzene rings is 3. The van der Waals surface area contributed by atoms with Crippen LogP contribution in [0, 0.1) is 0 Å². The van der Waals surface area contributed by atoms with Gasteiger partial charge >= 0.3 is 0 Å². The quantitative estimate of drug-likeness (QED) is 0.702. The van der Waals surface area contributed by atoms with Gasteiger partial charge in [0, 0.05) is 35.4 Å². The van der Waals surface area contributed by atoms with Crippen LogP contribution < -0.4 is 10.6 Å². The number of anilines is 2. The number of carbonyl (C=O) groups is 2. The molecular formula is C23H23N3O3. The average molecular weight is 389 g/mol. The van der Waals surface area contributed by atoms with Crippen LogP contribution >= 0.6 is 0 Å². The molecule has 2 amide bonds. The van der Waals surface area contributed by atoms with Gasteiger partial charge in [-0.1, -0.05) is 36.4 Å². The molecule has 0 radical (unpaired) electrons. The van der Waals surface area contributed by atoms with Gasteiger partial charge in [-0.05, 0) is 35.7 Å². The Balaban J connectivity index is 1.34. The van der Waals surface area contributed by atoms with Gasteiger partial charge in [0.2, 0.25) is 5.91 Å². The van der Waals surface area contributed by atoms with Gasteiger partial charge in [0.1, 0.15) is 0 Å². The molecule has 1 saturated heterocycles. The molecule has 3 aromatic rings. The van der Waals surface area contributed by atoms with Crippen molar-refractivity contribution in [2.24, 2.45) is 0 Å². The minimum Gasteiger partial charge on any atom is -0.378 e. The second kappa shape index (κ2) is 8.75. The minimum absolute atomic E-state index is 0.0104. The van der Waals surface area contributed by atoms with E-state index in [1.165, 1.54) is 0 Å². The van der Waals surface area contributed by atoms with Crippen LogP contribution in [0.1, 0.15) is 10.4 Å². The van der Waals surface area contributed by atoms with Crippen molar-refractivity contribution in [2.75, 3.05) is 43.5 Å². The maximum absolute atomic E-state index is 12.5. The van der Waals surface area contributed by atoms with E-state index in [1.54, 1.807) is 29.2 Å². The summed E-state index contributed by atoms with van der Waals surface area (Å²) in [5.74, 6) is -0.158. The fourth-order valence-electron chi connectivity index (χ4n) is 3.41. The molecule has 0 saturated carbocycles. The SMILES string of the molecule is O=C(CNc1cccc2ccccc12)Nc1ccc(C(=O)N2CCOCC2)cc1. The average Bonchev–Trinajstić information content (AvgIpc) is 2.78. The fourth-order valence-corrected chi connectivity index (χ4v) is 3.41. The van der Waals surface area contributed by atoms with Crippen molar-refractivity contribution in [2.45, 2.75) is 0 Å². The number of nitrogens with one attached hydrogen (secondary N) is 2. The Morgan fingerprint density at radius 3 is 2.41 bits per heavy atom. The van der Waals surface area contributed by atoms with E-state index in [1.807, 2.05) is 42.5 Å². The van der Waals surface area contributed by atoms with Crippen molar-refractivity contribution < 1.29 is 14.3 Å². The van der Waals surface area contributed by atoms with E-state index in [0.29, 0.717) is 37.6 Å². The highest BCUT2D eigenvalue weighted by atomic mass is 16.5. The van der Waals surface area contributed by atoms with Crippen LogP contribution in [0.3, 0.4) is 0 Å². The monoisotopic (exact) mass is 389 g/mol. The summed E-state index contributed by atoms with van der Waals surface area (Å²) in [6, 6.07) is 21.0. The molecule has 0 aromatic heterocycles. The van der Waals surface area contributed by atoms with Crippen molar-refractivity contribution in [1.29, 1.82) is 0 Å². The highest BCUT2D eigenvalue weighted by molar-refractivity contribution is 5.98. The topological polar surface area (TPSA) is 70.7 Å². The van der Waals surface area contributed by atoms with Gasteiger partial charge in [-0.3, -0.25) is 9.59 Å². The number of amides is 2. The summed E-state index contributed by atoms with van der Waals surface area (Å²) < 4.78 is 5.28. The Kier molecular flexibility index (Phi) is 5.72. The zero-order valence-corrected chi connectivity index (χ0v) is 16.1. The molecule has 0 unspecified atom stereocenters. The van der Waals surface area contributed by atoms with Crippen LogP contribution in [0.2, 0.25) is 0 Å². The molecule has 6 nitrogen and oxygen atoms in total. The summed E-state index contributed by atoms with van der Waals surface area (Å²) in [7, 11) is 0. The molecule has 6 heteroatoms. The van der Waals surface area contributed by atoms with E-state index in [9.17, 15) is 9.59 Å². The van der Waals surface area contributed by atoms with Crippen molar-refractivity contribution in [3.05, 3.63) is 72.3 Å². The number of ether oxygens (including phenoxy) is 1. The molecule has 0 atom stereocenters. The van der Waals surface area contributed by atoms with Crippen LogP contribution in [0.25, 0.3) is 10.8 Å². The molecule has 1 aliphatic rings. The molecule has 0 spiro atoms. The summed E-state index contributed by atoms with van der Waals surface area (Å²) in [4.78, 5) is 26.6. The predicted molar refractivity (Wildman–Crippen MR) is 114 cm³/mol. The predicted octanol–water partition coefficient (Wildman–Crippen LogP) is 3.36. The first-order valence-corrected chi connectivity index (χ1v) is 9.69. The van der Waals surface area contributed by atoms with E-state index in [2.05, 4.69) is 10.6 Å². The molecule has 29 heavy (non-hydrogen) atoms. The van der Waals surface area contributed by atoms with Crippen molar-refractivity contribution in [1.82, 2.24) is 4.90 Å². The number of fused-ring (bicyclic) bond motifs is 1. The van der Waals surface area contributed by atoms with Gasteiger partial charge in [-0.2, -0.15) is 0 Å². The van der Waals surface area contributed by atoms with E-state index < -0.39 is 0 Å². The molecule has 1 aliphatic heterocycles. The Labute approximate surface area is 169 Å². The summed E-state index contributed by atoms with van der Waals surface area (Å²) >= 11 is 0. The second-order valence-corrected chi connectivity index (χ2v) is 6.91. The molecule has 0 aliphatic carbocycles. The molecule has 3 aromatic carbocycles. The largest absolute Gasteiger partial charge is 0.378 e. The molecular weight excluding hydrogens is 366 g/mol. The molecule has 0 bridgehead atoms. The van der Waals surface area contributed by atoms with Gasteiger partial charge in [0.15, 0.2) is 0 Å². The molecule has 1 fully saturated rings. The second-order valence-electron chi connectivity index (χ2n) is 6.91. The maximum atomic E-state index is 12.5. The lowest BCUT2D eigenvalue weighted by atomic mass is 10.1. The summed E-state index contributed by atoms with van der Waals surface area (Å²) in [6.07, 6.45) is 0. The molecule has 4 rings (SSSR count). The Bertz CT molecular complexity index is 1010. The first-order chi connectivity index (χ1) is 14.2. The number of morpholine rings is 1. The normalized spacial score (nSPS) is 13.9. The van der Waals surface area contributed by atoms with E-state index in [4.69, 9.17) is 4.74 Å². The lowest BCUT2D eigenvalue weighted by Gasteiger charge is -2.26. The van der Waals surface area contributed by atoms with Crippen molar-refractivity contribution in [3.63, 3.8) is 0 Å². The van der Waals surface area contributed by atoms with E-state index in [-0.39, 0.29) is 18.4 Å². The zero-order valence-electron chi connectivity index (χ0n) is 16.1. The number of nitrogens with zero attached hydrogens (tertiary/aromatic N) is 1. The van der Waals surface area contributed by atoms with Crippen LogP contribution in [0.4, 0.5) is 11.4 Å². The van der Waals surface area contributed by atoms with Crippen molar-refractivity contribution >= 4 is 34.0 Å². The minimum atomic E-state index is -0.148. The van der Waals surface area contributed by atoms with Crippen LogP contribution in [-0.2, 0) is 9.53 Å². The third kappa shape index (κ3) is 4.55. The summed E-state index contributed by atoms with van der Waals surface area (Å²) in [5, 5.41) is 8.26. The summed E-state index contributed by atoms with van der Waals surface area (Å²) in [5.41, 5.74) is 2.19. The highest BCUT2D eigenvalue weighted by Crippen LogP contribution is 2.22. The summed E-state index contributed by atoms with van der Waals surface area (Å²) in [6.45, 7) is 2.52. The van der Waals surface area contributed by atoms with Gasteiger partial charge < -0.3 is 20.3 Å². The van der Waals surface area contributed by atoms with Gasteiger partial charge in [0.25, 0.3) is 5.91 Å². The molecule has 148 valence electrons. The number of carbonyl (C=O) groups excluding carboxylic acids is 2. The Morgan fingerprint density at radius 2 is 1.62 bits per heavy atom. The molecule has 1 heterocycles. The highest BCUT2D eigenvalue weighted by Gasteiger charge is 2.18. The lowest BCUT2D eigenvalue weighted by molar-refractivity contribution is -0.114. The Hall–Kier alpha value is -3.38. The molecule has 2 N–H and O–H groups in total.